The van der Waals surface area contributed by atoms with E-state index in [1.54, 1.807) is 12.1 Å². The van der Waals surface area contributed by atoms with Gasteiger partial charge in [-0.15, -0.1) is 0 Å². The Hall–Kier alpha value is -0.800. The van der Waals surface area contributed by atoms with Gasteiger partial charge in [0.15, 0.2) is 0 Å². The van der Waals surface area contributed by atoms with Gasteiger partial charge >= 0.3 is 0 Å². The van der Waals surface area contributed by atoms with Gasteiger partial charge in [0, 0.05) is 17.7 Å². The SMILES string of the molecule is CC(C)C1CC(Nc2cc(Cl)ccc2F)CCO1. The van der Waals surface area contributed by atoms with Crippen molar-refractivity contribution in [2.45, 2.75) is 38.8 Å². The molecule has 2 rings (SSSR count). The zero-order valence-corrected chi connectivity index (χ0v) is 11.5. The van der Waals surface area contributed by atoms with Crippen LogP contribution in [0.4, 0.5) is 10.1 Å². The molecule has 100 valence electrons. The molecule has 1 aliphatic rings. The Morgan fingerprint density at radius 1 is 1.44 bits per heavy atom. The minimum Gasteiger partial charge on any atom is -0.380 e. The fourth-order valence-electron chi connectivity index (χ4n) is 2.25. The zero-order valence-electron chi connectivity index (χ0n) is 10.7. The molecule has 2 atom stereocenters. The molecule has 1 heterocycles. The number of ether oxygens (including phenoxy) is 1. The van der Waals surface area contributed by atoms with Crippen LogP contribution in [0.2, 0.25) is 5.02 Å². The molecule has 2 unspecified atom stereocenters. The van der Waals surface area contributed by atoms with Gasteiger partial charge in [0.05, 0.1) is 11.8 Å². The van der Waals surface area contributed by atoms with Gasteiger partial charge < -0.3 is 10.1 Å². The molecule has 18 heavy (non-hydrogen) atoms. The Bertz CT molecular complexity index is 411. The van der Waals surface area contributed by atoms with E-state index >= 15 is 0 Å². The second-order valence-corrected chi connectivity index (χ2v) is 5.58. The van der Waals surface area contributed by atoms with Crippen LogP contribution in [0.1, 0.15) is 26.7 Å². The smallest absolute Gasteiger partial charge is 0.146 e. The van der Waals surface area contributed by atoms with Crippen molar-refractivity contribution in [2.24, 2.45) is 5.92 Å². The molecule has 0 spiro atoms. The Kier molecular flexibility index (Phi) is 4.46. The summed E-state index contributed by atoms with van der Waals surface area (Å²) in [7, 11) is 0. The third-order valence-electron chi connectivity index (χ3n) is 3.35. The first-order chi connectivity index (χ1) is 8.56. The van der Waals surface area contributed by atoms with Gasteiger partial charge in [0.2, 0.25) is 0 Å². The maximum Gasteiger partial charge on any atom is 0.146 e. The minimum absolute atomic E-state index is 0.249. The molecule has 1 N–H and O–H groups in total. The molecular weight excluding hydrogens is 253 g/mol. The lowest BCUT2D eigenvalue weighted by molar-refractivity contribution is -0.0161. The highest BCUT2D eigenvalue weighted by Gasteiger charge is 2.25. The first kappa shape index (κ1) is 13.6. The second kappa shape index (κ2) is 5.89. The summed E-state index contributed by atoms with van der Waals surface area (Å²) < 4.78 is 19.3. The van der Waals surface area contributed by atoms with E-state index in [1.165, 1.54) is 6.07 Å². The van der Waals surface area contributed by atoms with Crippen LogP contribution in [0.25, 0.3) is 0 Å². The fraction of sp³-hybridized carbons (Fsp3) is 0.571. The molecule has 2 nitrogen and oxygen atoms in total. The van der Waals surface area contributed by atoms with Crippen molar-refractivity contribution in [2.75, 3.05) is 11.9 Å². The normalized spacial score (nSPS) is 24.3. The molecule has 1 saturated heterocycles. The Balaban J connectivity index is 2.02. The van der Waals surface area contributed by atoms with Gasteiger partial charge in [0.1, 0.15) is 5.82 Å². The number of halogens is 2. The van der Waals surface area contributed by atoms with E-state index in [0.717, 1.165) is 19.4 Å². The van der Waals surface area contributed by atoms with E-state index in [9.17, 15) is 4.39 Å². The molecule has 1 aliphatic heterocycles. The van der Waals surface area contributed by atoms with Gasteiger partial charge in [-0.05, 0) is 37.0 Å². The summed E-state index contributed by atoms with van der Waals surface area (Å²) >= 11 is 5.88. The molecule has 0 aromatic heterocycles. The number of benzene rings is 1. The quantitative estimate of drug-likeness (QED) is 0.894. The van der Waals surface area contributed by atoms with Crippen LogP contribution in [-0.4, -0.2) is 18.8 Å². The summed E-state index contributed by atoms with van der Waals surface area (Å²) in [5.41, 5.74) is 0.483. The van der Waals surface area contributed by atoms with E-state index in [4.69, 9.17) is 16.3 Å². The van der Waals surface area contributed by atoms with Crippen molar-refractivity contribution in [3.63, 3.8) is 0 Å². The minimum atomic E-state index is -0.257. The van der Waals surface area contributed by atoms with Crippen LogP contribution in [0.5, 0.6) is 0 Å². The Morgan fingerprint density at radius 3 is 2.94 bits per heavy atom. The summed E-state index contributed by atoms with van der Waals surface area (Å²) in [5, 5.41) is 3.78. The van der Waals surface area contributed by atoms with Gasteiger partial charge in [-0.25, -0.2) is 4.39 Å². The Labute approximate surface area is 112 Å². The molecule has 1 aromatic carbocycles. The zero-order chi connectivity index (χ0) is 13.1. The molecular formula is C14H19ClFNO. The van der Waals surface area contributed by atoms with Crippen LogP contribution in [0, 0.1) is 11.7 Å². The summed E-state index contributed by atoms with van der Waals surface area (Å²) in [6, 6.07) is 4.84. The highest BCUT2D eigenvalue weighted by molar-refractivity contribution is 6.30. The predicted molar refractivity (Wildman–Crippen MR) is 72.6 cm³/mol. The van der Waals surface area contributed by atoms with Crippen LogP contribution < -0.4 is 5.32 Å². The highest BCUT2D eigenvalue weighted by atomic mass is 35.5. The number of nitrogens with one attached hydrogen (secondary N) is 1. The van der Waals surface area contributed by atoms with E-state index in [-0.39, 0.29) is 18.0 Å². The Morgan fingerprint density at radius 2 is 2.22 bits per heavy atom. The number of anilines is 1. The maximum absolute atomic E-state index is 13.6. The molecule has 1 fully saturated rings. The van der Waals surface area contributed by atoms with Crippen molar-refractivity contribution in [3.05, 3.63) is 29.0 Å². The molecule has 0 aliphatic carbocycles. The predicted octanol–water partition coefficient (Wildman–Crippen LogP) is 4.09. The standard InChI is InChI=1S/C14H19ClFNO/c1-9(2)14-8-11(5-6-18-14)17-13-7-10(15)3-4-12(13)16/h3-4,7,9,11,14,17H,5-6,8H2,1-2H3. The molecule has 0 saturated carbocycles. The van der Waals surface area contributed by atoms with Gasteiger partial charge in [-0.3, -0.25) is 0 Å². The van der Waals surface area contributed by atoms with Crippen LogP contribution in [0.15, 0.2) is 18.2 Å². The van der Waals surface area contributed by atoms with Gasteiger partial charge in [0.25, 0.3) is 0 Å². The van der Waals surface area contributed by atoms with Crippen molar-refractivity contribution >= 4 is 17.3 Å². The molecule has 1 aromatic rings. The maximum atomic E-state index is 13.6. The first-order valence-corrected chi connectivity index (χ1v) is 6.77. The number of hydrogen-bond acceptors (Lipinski definition) is 2. The third kappa shape index (κ3) is 3.36. The lowest BCUT2D eigenvalue weighted by Crippen LogP contribution is -2.36. The van der Waals surface area contributed by atoms with Gasteiger partial charge in [-0.2, -0.15) is 0 Å². The van der Waals surface area contributed by atoms with Crippen molar-refractivity contribution < 1.29 is 9.13 Å². The van der Waals surface area contributed by atoms with Gasteiger partial charge in [-0.1, -0.05) is 25.4 Å². The first-order valence-electron chi connectivity index (χ1n) is 6.39. The molecule has 0 radical (unpaired) electrons. The largest absolute Gasteiger partial charge is 0.380 e. The lowest BCUT2D eigenvalue weighted by Gasteiger charge is -2.33. The second-order valence-electron chi connectivity index (χ2n) is 5.14. The molecule has 0 bridgehead atoms. The molecule has 0 amide bonds. The summed E-state index contributed by atoms with van der Waals surface area (Å²) in [5.74, 6) is 0.228. The van der Waals surface area contributed by atoms with E-state index in [1.807, 2.05) is 0 Å². The monoisotopic (exact) mass is 271 g/mol. The van der Waals surface area contributed by atoms with Crippen LogP contribution in [0.3, 0.4) is 0 Å². The van der Waals surface area contributed by atoms with E-state index < -0.39 is 0 Å². The average molecular weight is 272 g/mol. The van der Waals surface area contributed by atoms with Crippen LogP contribution in [-0.2, 0) is 4.74 Å². The van der Waals surface area contributed by atoms with E-state index in [0.29, 0.717) is 16.6 Å². The highest BCUT2D eigenvalue weighted by Crippen LogP contribution is 2.26. The fourth-order valence-corrected chi connectivity index (χ4v) is 2.42. The van der Waals surface area contributed by atoms with E-state index in [2.05, 4.69) is 19.2 Å². The lowest BCUT2D eigenvalue weighted by atomic mass is 9.95. The summed E-state index contributed by atoms with van der Waals surface area (Å²) in [6.07, 6.45) is 2.05. The van der Waals surface area contributed by atoms with Crippen molar-refractivity contribution in [1.82, 2.24) is 0 Å². The third-order valence-corrected chi connectivity index (χ3v) is 3.58. The summed E-state index contributed by atoms with van der Waals surface area (Å²) in [4.78, 5) is 0. The topological polar surface area (TPSA) is 21.3 Å². The van der Waals surface area contributed by atoms with Crippen LogP contribution >= 0.6 is 11.6 Å². The van der Waals surface area contributed by atoms with Crippen molar-refractivity contribution in [3.8, 4) is 0 Å². The van der Waals surface area contributed by atoms with Crippen molar-refractivity contribution in [1.29, 1.82) is 0 Å². The average Bonchev–Trinajstić information content (AvgIpc) is 2.34. The summed E-state index contributed by atoms with van der Waals surface area (Å²) in [6.45, 7) is 5.02. The number of hydrogen-bond donors (Lipinski definition) is 1. The molecule has 4 heteroatoms. The number of rotatable bonds is 3.